The Hall–Kier alpha value is -4.24. The highest BCUT2D eigenvalue weighted by Crippen LogP contribution is 2.29. The van der Waals surface area contributed by atoms with Crippen molar-refractivity contribution in [2.24, 2.45) is 11.8 Å². The molecule has 2 aliphatic carbocycles. The smallest absolute Gasteiger partial charge is 0.115 e. The molecule has 0 radical (unpaired) electrons. The molecule has 4 fully saturated rings. The molecule has 0 bridgehead atoms. The number of rotatable bonds is 6. The van der Waals surface area contributed by atoms with Crippen molar-refractivity contribution in [2.75, 3.05) is 13.2 Å². The minimum Gasteiger partial charge on any atom is -0.376 e. The van der Waals surface area contributed by atoms with E-state index >= 15 is 0 Å². The van der Waals surface area contributed by atoms with Crippen LogP contribution in [0.15, 0.2) is 54.7 Å². The fraction of sp³-hybridized carbons (Fsp3) is 0.512. The predicted octanol–water partition coefficient (Wildman–Crippen LogP) is 7.89. The second-order valence-electron chi connectivity index (χ2n) is 13.3. The summed E-state index contributed by atoms with van der Waals surface area (Å²) in [7, 11) is 0. The van der Waals surface area contributed by atoms with E-state index in [1.54, 1.807) is 0 Å². The van der Waals surface area contributed by atoms with Crippen molar-refractivity contribution in [1.82, 2.24) is 30.0 Å². The Morgan fingerprint density at radius 3 is 1.98 bits per heavy atom. The summed E-state index contributed by atoms with van der Waals surface area (Å²) >= 11 is 0. The third-order valence-corrected chi connectivity index (χ3v) is 9.15. The lowest BCUT2D eigenvalue weighted by molar-refractivity contribution is 0.00332. The van der Waals surface area contributed by atoms with E-state index < -0.39 is 0 Å². The molecule has 0 unspecified atom stereocenters. The van der Waals surface area contributed by atoms with Crippen LogP contribution >= 0.6 is 0 Å². The first-order chi connectivity index (χ1) is 24.2. The highest BCUT2D eigenvalue weighted by molar-refractivity contribution is 5.62. The molecule has 0 spiro atoms. The summed E-state index contributed by atoms with van der Waals surface area (Å²) in [5.41, 5.74) is 7.25. The topological polar surface area (TPSA) is 79.9 Å². The van der Waals surface area contributed by atoms with Crippen molar-refractivity contribution >= 4 is 0 Å². The average molecular weight is 659 g/mol. The lowest BCUT2D eigenvalue weighted by Gasteiger charge is -2.22. The molecule has 49 heavy (non-hydrogen) atoms. The van der Waals surface area contributed by atoms with Crippen LogP contribution in [0, 0.1) is 42.4 Å². The molecule has 2 saturated carbocycles. The molecule has 2 aromatic carbocycles. The maximum Gasteiger partial charge on any atom is 0.115 e. The fourth-order valence-corrected chi connectivity index (χ4v) is 5.92. The van der Waals surface area contributed by atoms with E-state index in [-0.39, 0.29) is 12.2 Å². The number of aromatic nitrogens is 6. The summed E-state index contributed by atoms with van der Waals surface area (Å²) in [6.07, 6.45) is 14.6. The molecule has 8 heteroatoms. The van der Waals surface area contributed by atoms with Gasteiger partial charge in [-0.25, -0.2) is 9.36 Å². The largest absolute Gasteiger partial charge is 0.376 e. The second-order valence-corrected chi connectivity index (χ2v) is 13.3. The molecular formula is C41H50N6O2. The zero-order valence-electron chi connectivity index (χ0n) is 29.4. The van der Waals surface area contributed by atoms with E-state index in [0.717, 1.165) is 78.5 Å². The van der Waals surface area contributed by atoms with E-state index in [9.17, 15) is 0 Å². The Kier molecular flexibility index (Phi) is 12.3. The van der Waals surface area contributed by atoms with E-state index in [4.69, 9.17) is 9.47 Å². The molecule has 2 aromatic heterocycles. The number of nitrogens with zero attached hydrogens (tertiary/aromatic N) is 6. The molecule has 4 aliphatic rings. The minimum atomic E-state index is 0.270. The predicted molar refractivity (Wildman–Crippen MR) is 193 cm³/mol. The van der Waals surface area contributed by atoms with Gasteiger partial charge in [-0.2, -0.15) is 0 Å². The van der Waals surface area contributed by atoms with Crippen molar-refractivity contribution in [1.29, 1.82) is 0 Å². The normalized spacial score (nSPS) is 19.9. The first kappa shape index (κ1) is 34.6. The molecule has 4 heterocycles. The Bertz CT molecular complexity index is 1750. The Balaban J connectivity index is 0.000000162. The molecule has 8 rings (SSSR count). The van der Waals surface area contributed by atoms with Crippen LogP contribution in [0.5, 0.6) is 0 Å². The van der Waals surface area contributed by atoms with Gasteiger partial charge in [0.2, 0.25) is 0 Å². The minimum absolute atomic E-state index is 0.270. The maximum atomic E-state index is 5.81. The lowest BCUT2D eigenvalue weighted by Crippen LogP contribution is -2.25. The molecule has 2 saturated heterocycles. The third-order valence-electron chi connectivity index (χ3n) is 9.15. The van der Waals surface area contributed by atoms with Gasteiger partial charge in [0.05, 0.1) is 37.2 Å². The van der Waals surface area contributed by atoms with Crippen LogP contribution in [-0.4, -0.2) is 55.4 Å². The van der Waals surface area contributed by atoms with Gasteiger partial charge < -0.3 is 9.47 Å². The van der Waals surface area contributed by atoms with E-state index in [1.807, 2.05) is 35.5 Å². The fourth-order valence-electron chi connectivity index (χ4n) is 5.92. The lowest BCUT2D eigenvalue weighted by atomic mass is 10.1. The molecule has 2 atom stereocenters. The molecule has 4 aromatic rings. The summed E-state index contributed by atoms with van der Waals surface area (Å²) in [6.45, 7) is 9.40. The standard InChI is InChI=1S/C20H23N3O.C19H21N3O.C2H6/c1-15-20(21-22-23(15)14-19-4-2-3-13-24-19)18-11-9-17(10-12-18)8-7-16-5-6-16;1-2-11-23-18(6-1)13-22-14-19(20-21-22)17-5-3-4-16(12-17)10-9-15-7-8-15;1-2/h9-12,16,19H,2-6,13-14H2,1H3;3-5,12,14-15,18H,1-2,6-8,11,13H2;1-2H3/t19-;18-;/m11./s1. The van der Waals surface area contributed by atoms with Crippen LogP contribution in [-0.2, 0) is 22.6 Å². The quantitative estimate of drug-likeness (QED) is 0.196. The zero-order chi connectivity index (χ0) is 33.8. The summed E-state index contributed by atoms with van der Waals surface area (Å²) in [5, 5.41) is 17.3. The highest BCUT2D eigenvalue weighted by atomic mass is 16.5. The number of benzene rings is 2. The Morgan fingerprint density at radius 1 is 0.694 bits per heavy atom. The first-order valence-corrected chi connectivity index (χ1v) is 18.4. The molecule has 8 nitrogen and oxygen atoms in total. The van der Waals surface area contributed by atoms with Crippen LogP contribution in [0.1, 0.15) is 94.9 Å². The van der Waals surface area contributed by atoms with E-state index in [0.29, 0.717) is 11.8 Å². The van der Waals surface area contributed by atoms with Gasteiger partial charge >= 0.3 is 0 Å². The van der Waals surface area contributed by atoms with Gasteiger partial charge in [-0.3, -0.25) is 0 Å². The van der Waals surface area contributed by atoms with Crippen molar-refractivity contribution < 1.29 is 9.47 Å². The van der Waals surface area contributed by atoms with Crippen molar-refractivity contribution in [3.63, 3.8) is 0 Å². The molecular weight excluding hydrogens is 608 g/mol. The van der Waals surface area contributed by atoms with Crippen LogP contribution < -0.4 is 0 Å². The van der Waals surface area contributed by atoms with Gasteiger partial charge in [0, 0.05) is 47.3 Å². The van der Waals surface area contributed by atoms with Gasteiger partial charge in [-0.15, -0.1) is 10.2 Å². The summed E-state index contributed by atoms with van der Waals surface area (Å²) in [5.74, 6) is 14.4. The van der Waals surface area contributed by atoms with Crippen molar-refractivity contribution in [3.8, 4) is 46.2 Å². The molecule has 0 amide bonds. The van der Waals surface area contributed by atoms with E-state index in [2.05, 4.69) is 93.7 Å². The first-order valence-electron chi connectivity index (χ1n) is 18.4. The monoisotopic (exact) mass is 658 g/mol. The zero-order valence-corrected chi connectivity index (χ0v) is 29.4. The van der Waals surface area contributed by atoms with Crippen LogP contribution in [0.25, 0.3) is 22.5 Å². The summed E-state index contributed by atoms with van der Waals surface area (Å²) in [4.78, 5) is 0. The van der Waals surface area contributed by atoms with Gasteiger partial charge in [0.1, 0.15) is 11.4 Å². The maximum absolute atomic E-state index is 5.81. The van der Waals surface area contributed by atoms with Gasteiger partial charge in [-0.1, -0.05) is 72.2 Å². The second kappa shape index (κ2) is 17.4. The number of hydrogen-bond acceptors (Lipinski definition) is 6. The third kappa shape index (κ3) is 10.4. The SMILES string of the molecule is C(#CC1CC1)c1cccc(-c2cn(C[C@H]3CCCCO3)nn2)c1.CC.Cc1c(-c2ccc(C#CC3CC3)cc2)nnn1C[C@H]1CCCCO1. The Labute approximate surface area is 292 Å². The van der Waals surface area contributed by atoms with Gasteiger partial charge in [-0.05, 0) is 95.4 Å². The average Bonchev–Trinajstić information content (AvgIpc) is 4.09. The number of hydrogen-bond donors (Lipinski definition) is 0. The summed E-state index contributed by atoms with van der Waals surface area (Å²) < 4.78 is 15.5. The van der Waals surface area contributed by atoms with E-state index in [1.165, 1.54) is 51.4 Å². The molecule has 0 N–H and O–H groups in total. The van der Waals surface area contributed by atoms with Gasteiger partial charge in [0.15, 0.2) is 0 Å². The van der Waals surface area contributed by atoms with Crippen molar-refractivity contribution in [3.05, 3.63) is 71.5 Å². The Morgan fingerprint density at radius 2 is 1.35 bits per heavy atom. The van der Waals surface area contributed by atoms with Crippen LogP contribution in [0.2, 0.25) is 0 Å². The highest BCUT2D eigenvalue weighted by Gasteiger charge is 2.20. The van der Waals surface area contributed by atoms with Crippen LogP contribution in [0.4, 0.5) is 0 Å². The number of ether oxygens (including phenoxy) is 2. The van der Waals surface area contributed by atoms with Gasteiger partial charge in [0.25, 0.3) is 0 Å². The van der Waals surface area contributed by atoms with Crippen molar-refractivity contribution in [2.45, 2.75) is 110 Å². The van der Waals surface area contributed by atoms with Crippen LogP contribution in [0.3, 0.4) is 0 Å². The molecule has 2 aliphatic heterocycles. The summed E-state index contributed by atoms with van der Waals surface area (Å²) in [6, 6.07) is 16.6. The molecule has 256 valence electrons.